The molecule has 0 spiro atoms. The maximum Gasteiger partial charge on any atom is 0.231 e. The summed E-state index contributed by atoms with van der Waals surface area (Å²) in [4.78, 5) is 0. The number of nitrogens with two attached hydrogens (primary N) is 1. The van der Waals surface area contributed by atoms with Crippen molar-refractivity contribution in [3.8, 4) is 33.9 Å². The molecular formula is C14H10N2O4. The van der Waals surface area contributed by atoms with Gasteiger partial charge in [-0.3, -0.25) is 0 Å². The average molecular weight is 270 g/mol. The third kappa shape index (κ3) is 1.55. The maximum absolute atomic E-state index is 5.89. The van der Waals surface area contributed by atoms with Gasteiger partial charge in [0, 0.05) is 5.56 Å². The number of anilines is 1. The summed E-state index contributed by atoms with van der Waals surface area (Å²) in [7, 11) is 0. The minimum atomic E-state index is 0.229. The van der Waals surface area contributed by atoms with Crippen molar-refractivity contribution in [1.82, 2.24) is 5.16 Å². The van der Waals surface area contributed by atoms with Crippen molar-refractivity contribution < 1.29 is 18.4 Å². The Morgan fingerprint density at radius 1 is 1.05 bits per heavy atom. The normalized spacial score (nSPS) is 12.8. The number of rotatable bonds is 2. The Labute approximate surface area is 113 Å². The smallest absolute Gasteiger partial charge is 0.231 e. The molecule has 3 aromatic rings. The second-order valence-corrected chi connectivity index (χ2v) is 4.35. The highest BCUT2D eigenvalue weighted by molar-refractivity contribution is 5.87. The highest BCUT2D eigenvalue weighted by atomic mass is 16.7. The summed E-state index contributed by atoms with van der Waals surface area (Å²) in [5.41, 5.74) is 8.89. The van der Waals surface area contributed by atoms with E-state index in [1.54, 1.807) is 18.6 Å². The van der Waals surface area contributed by atoms with Crippen LogP contribution < -0.4 is 15.2 Å². The van der Waals surface area contributed by atoms with E-state index in [9.17, 15) is 0 Å². The van der Waals surface area contributed by atoms with Gasteiger partial charge in [-0.1, -0.05) is 11.2 Å². The molecule has 0 amide bonds. The van der Waals surface area contributed by atoms with E-state index in [1.165, 1.54) is 0 Å². The molecule has 1 aliphatic heterocycles. The summed E-state index contributed by atoms with van der Waals surface area (Å²) < 4.78 is 20.9. The van der Waals surface area contributed by atoms with E-state index in [1.807, 2.05) is 18.2 Å². The fraction of sp³-hybridized carbons (Fsp3) is 0.0714. The van der Waals surface area contributed by atoms with Gasteiger partial charge in [-0.05, 0) is 23.8 Å². The Balaban J connectivity index is 1.88. The predicted octanol–water partition coefficient (Wildman–Crippen LogP) is 2.91. The first kappa shape index (κ1) is 11.0. The summed E-state index contributed by atoms with van der Waals surface area (Å²) in [5, 5.41) is 4.00. The largest absolute Gasteiger partial charge is 0.472 e. The van der Waals surface area contributed by atoms with E-state index in [0.717, 1.165) is 11.1 Å². The number of ether oxygens (including phenoxy) is 2. The fourth-order valence-corrected chi connectivity index (χ4v) is 2.23. The lowest BCUT2D eigenvalue weighted by atomic mass is 10.0. The molecule has 20 heavy (non-hydrogen) atoms. The quantitative estimate of drug-likeness (QED) is 0.770. The molecule has 0 bridgehead atoms. The van der Waals surface area contributed by atoms with Gasteiger partial charge in [0.1, 0.15) is 5.69 Å². The standard InChI is InChI=1S/C14H10N2O4/c15-14-12(13(16-20-14)9-3-4-17-6-9)8-1-2-10-11(5-8)19-7-18-10/h1-6H,7,15H2. The molecule has 0 atom stereocenters. The van der Waals surface area contributed by atoms with E-state index in [2.05, 4.69) is 5.16 Å². The summed E-state index contributed by atoms with van der Waals surface area (Å²) in [6.07, 6.45) is 3.16. The van der Waals surface area contributed by atoms with Crippen LogP contribution >= 0.6 is 0 Å². The van der Waals surface area contributed by atoms with Crippen molar-refractivity contribution in [3.05, 3.63) is 36.8 Å². The lowest BCUT2D eigenvalue weighted by molar-refractivity contribution is 0.174. The fourth-order valence-electron chi connectivity index (χ4n) is 2.23. The van der Waals surface area contributed by atoms with Gasteiger partial charge < -0.3 is 24.1 Å². The first-order valence-electron chi connectivity index (χ1n) is 6.00. The molecule has 1 aliphatic rings. The Morgan fingerprint density at radius 2 is 1.95 bits per heavy atom. The van der Waals surface area contributed by atoms with Gasteiger partial charge in [-0.15, -0.1) is 0 Å². The molecule has 0 unspecified atom stereocenters. The number of nitrogens with zero attached hydrogens (tertiary/aromatic N) is 1. The van der Waals surface area contributed by atoms with Gasteiger partial charge in [-0.25, -0.2) is 0 Å². The number of nitrogen functional groups attached to an aromatic ring is 1. The number of furan rings is 1. The van der Waals surface area contributed by atoms with Crippen molar-refractivity contribution in [1.29, 1.82) is 0 Å². The molecule has 2 N–H and O–H groups in total. The summed E-state index contributed by atoms with van der Waals surface area (Å²) in [5.74, 6) is 1.65. The molecule has 0 radical (unpaired) electrons. The van der Waals surface area contributed by atoms with Gasteiger partial charge in [0.2, 0.25) is 12.7 Å². The molecule has 3 heterocycles. The van der Waals surface area contributed by atoms with Crippen molar-refractivity contribution in [3.63, 3.8) is 0 Å². The molecule has 0 saturated heterocycles. The van der Waals surface area contributed by atoms with Gasteiger partial charge in [0.15, 0.2) is 11.5 Å². The van der Waals surface area contributed by atoms with Crippen LogP contribution in [0, 0.1) is 0 Å². The second-order valence-electron chi connectivity index (χ2n) is 4.35. The highest BCUT2D eigenvalue weighted by Crippen LogP contribution is 2.41. The summed E-state index contributed by atoms with van der Waals surface area (Å²) in [6, 6.07) is 7.38. The minimum absolute atomic E-state index is 0.229. The lowest BCUT2D eigenvalue weighted by Gasteiger charge is -2.03. The molecule has 6 nitrogen and oxygen atoms in total. The van der Waals surface area contributed by atoms with Crippen LogP contribution in [0.4, 0.5) is 5.88 Å². The monoisotopic (exact) mass is 270 g/mol. The van der Waals surface area contributed by atoms with Crippen LogP contribution in [0.15, 0.2) is 45.7 Å². The molecule has 0 saturated carbocycles. The van der Waals surface area contributed by atoms with Crippen LogP contribution in [0.1, 0.15) is 0 Å². The van der Waals surface area contributed by atoms with E-state index in [0.29, 0.717) is 22.8 Å². The van der Waals surface area contributed by atoms with Crippen molar-refractivity contribution in [2.24, 2.45) is 0 Å². The highest BCUT2D eigenvalue weighted by Gasteiger charge is 2.21. The predicted molar refractivity (Wildman–Crippen MR) is 70.2 cm³/mol. The Hall–Kier alpha value is -2.89. The van der Waals surface area contributed by atoms with Crippen molar-refractivity contribution >= 4 is 5.88 Å². The van der Waals surface area contributed by atoms with Crippen molar-refractivity contribution in [2.75, 3.05) is 12.5 Å². The second kappa shape index (κ2) is 4.06. The molecule has 4 rings (SSSR count). The molecule has 0 fully saturated rings. The van der Waals surface area contributed by atoms with Crippen LogP contribution in [0.5, 0.6) is 11.5 Å². The van der Waals surface area contributed by atoms with Gasteiger partial charge >= 0.3 is 0 Å². The first-order valence-corrected chi connectivity index (χ1v) is 6.00. The van der Waals surface area contributed by atoms with E-state index in [4.69, 9.17) is 24.1 Å². The molecule has 6 heteroatoms. The van der Waals surface area contributed by atoms with Crippen LogP contribution in [-0.4, -0.2) is 11.9 Å². The van der Waals surface area contributed by atoms with Crippen molar-refractivity contribution in [2.45, 2.75) is 0 Å². The number of aromatic nitrogens is 1. The molecular weight excluding hydrogens is 260 g/mol. The molecule has 1 aromatic carbocycles. The molecule has 2 aromatic heterocycles. The molecule has 100 valence electrons. The lowest BCUT2D eigenvalue weighted by Crippen LogP contribution is -1.92. The zero-order valence-corrected chi connectivity index (χ0v) is 10.3. The van der Waals surface area contributed by atoms with Crippen LogP contribution in [0.2, 0.25) is 0 Å². The van der Waals surface area contributed by atoms with E-state index in [-0.39, 0.29) is 12.7 Å². The third-order valence-electron chi connectivity index (χ3n) is 3.17. The van der Waals surface area contributed by atoms with E-state index < -0.39 is 0 Å². The number of benzene rings is 1. The Kier molecular flexibility index (Phi) is 2.23. The third-order valence-corrected chi connectivity index (χ3v) is 3.17. The van der Waals surface area contributed by atoms with Gasteiger partial charge in [0.25, 0.3) is 0 Å². The first-order chi connectivity index (χ1) is 9.83. The van der Waals surface area contributed by atoms with Gasteiger partial charge in [0.05, 0.1) is 18.1 Å². The number of fused-ring (bicyclic) bond motifs is 1. The Morgan fingerprint density at radius 3 is 2.80 bits per heavy atom. The average Bonchev–Trinajstić information content (AvgIpc) is 3.17. The van der Waals surface area contributed by atoms with Crippen LogP contribution in [-0.2, 0) is 0 Å². The maximum atomic E-state index is 5.89. The topological polar surface area (TPSA) is 83.7 Å². The zero-order chi connectivity index (χ0) is 13.5. The SMILES string of the molecule is Nc1onc(-c2ccoc2)c1-c1ccc2c(c1)OCO2. The zero-order valence-electron chi connectivity index (χ0n) is 10.3. The minimum Gasteiger partial charge on any atom is -0.472 e. The number of hydrogen-bond donors (Lipinski definition) is 1. The Bertz CT molecular complexity index is 762. The summed E-state index contributed by atoms with van der Waals surface area (Å²) in [6.45, 7) is 0.229. The van der Waals surface area contributed by atoms with Gasteiger partial charge in [-0.2, -0.15) is 0 Å². The van der Waals surface area contributed by atoms with Crippen LogP contribution in [0.3, 0.4) is 0 Å². The molecule has 0 aliphatic carbocycles. The van der Waals surface area contributed by atoms with E-state index >= 15 is 0 Å². The summed E-state index contributed by atoms with van der Waals surface area (Å²) >= 11 is 0. The van der Waals surface area contributed by atoms with Crippen LogP contribution in [0.25, 0.3) is 22.4 Å². The number of hydrogen-bond acceptors (Lipinski definition) is 6.